The first-order valence-electron chi connectivity index (χ1n) is 11.9. The van der Waals surface area contributed by atoms with Crippen LogP contribution in [0.5, 0.6) is 0 Å². The van der Waals surface area contributed by atoms with Crippen molar-refractivity contribution in [1.82, 2.24) is 15.3 Å². The SMILES string of the molecule is CCC1(C(=O)O)NN(C2CCN(Cc3ccccc3)C2)C2=C1C[N+](C(=O)O)(C(C)(C)C)CC2. The molecule has 1 saturated heterocycles. The molecule has 1 amide bonds. The van der Waals surface area contributed by atoms with Gasteiger partial charge >= 0.3 is 12.1 Å². The Morgan fingerprint density at radius 2 is 1.91 bits per heavy atom. The second-order valence-corrected chi connectivity index (χ2v) is 10.7. The fourth-order valence-corrected chi connectivity index (χ4v) is 5.84. The van der Waals surface area contributed by atoms with Crippen LogP contribution in [0.15, 0.2) is 41.6 Å². The van der Waals surface area contributed by atoms with Gasteiger partial charge in [-0.25, -0.2) is 14.7 Å². The minimum atomic E-state index is -1.26. The van der Waals surface area contributed by atoms with E-state index in [-0.39, 0.29) is 17.1 Å². The highest BCUT2D eigenvalue weighted by atomic mass is 16.4. The van der Waals surface area contributed by atoms with Crippen molar-refractivity contribution in [3.05, 3.63) is 47.2 Å². The standard InChI is InChI=1S/C25H36N4O4/c1-5-25(22(30)31)20-17-29(23(32)33,24(2,3)4)14-12-21(20)28(26-25)19-11-13-27(16-19)15-18-9-7-6-8-10-18/h6-10,19,26H,5,11-17H2,1-4H3,(H-,30,31,32,33)/p+1. The summed E-state index contributed by atoms with van der Waals surface area (Å²) in [6.45, 7) is 11.0. The summed E-state index contributed by atoms with van der Waals surface area (Å²) in [5.41, 5.74) is 4.58. The predicted octanol–water partition coefficient (Wildman–Crippen LogP) is 3.27. The lowest BCUT2D eigenvalue weighted by Gasteiger charge is -2.47. The number of rotatable bonds is 5. The van der Waals surface area contributed by atoms with Gasteiger partial charge in [-0.1, -0.05) is 37.3 Å². The molecule has 0 aliphatic carbocycles. The van der Waals surface area contributed by atoms with Crippen molar-refractivity contribution in [3.8, 4) is 0 Å². The smallest absolute Gasteiger partial charge is 0.480 e. The van der Waals surface area contributed by atoms with Gasteiger partial charge in [0.15, 0.2) is 5.54 Å². The maximum absolute atomic E-state index is 12.6. The molecule has 4 rings (SSSR count). The minimum Gasteiger partial charge on any atom is -0.480 e. The summed E-state index contributed by atoms with van der Waals surface area (Å²) in [6.07, 6.45) is 0.962. The van der Waals surface area contributed by atoms with E-state index in [0.717, 1.165) is 37.3 Å². The van der Waals surface area contributed by atoms with Crippen molar-refractivity contribution < 1.29 is 24.3 Å². The molecule has 0 spiro atoms. The zero-order chi connectivity index (χ0) is 24.0. The second-order valence-electron chi connectivity index (χ2n) is 10.7. The van der Waals surface area contributed by atoms with Crippen LogP contribution in [0.1, 0.15) is 52.5 Å². The molecule has 3 aliphatic heterocycles. The van der Waals surface area contributed by atoms with Gasteiger partial charge in [-0.05, 0) is 39.2 Å². The molecule has 33 heavy (non-hydrogen) atoms. The summed E-state index contributed by atoms with van der Waals surface area (Å²) < 4.78 is -0.152. The molecule has 1 aromatic rings. The number of hydrogen-bond acceptors (Lipinski definition) is 5. The Kier molecular flexibility index (Phi) is 6.05. The molecule has 3 N–H and O–H groups in total. The van der Waals surface area contributed by atoms with Crippen LogP contribution in [-0.4, -0.2) is 80.0 Å². The first-order chi connectivity index (χ1) is 15.5. The van der Waals surface area contributed by atoms with Gasteiger partial charge in [0.25, 0.3) is 0 Å². The number of carboxylic acids is 1. The van der Waals surface area contributed by atoms with Gasteiger partial charge in [-0.2, -0.15) is 4.79 Å². The van der Waals surface area contributed by atoms with E-state index in [1.807, 2.05) is 33.8 Å². The van der Waals surface area contributed by atoms with Crippen molar-refractivity contribution in [2.75, 3.05) is 26.2 Å². The van der Waals surface area contributed by atoms with Crippen molar-refractivity contribution in [1.29, 1.82) is 0 Å². The number of hydrogen-bond donors (Lipinski definition) is 3. The van der Waals surface area contributed by atoms with E-state index in [9.17, 15) is 19.8 Å². The van der Waals surface area contributed by atoms with Crippen LogP contribution in [-0.2, 0) is 11.3 Å². The van der Waals surface area contributed by atoms with Gasteiger partial charge in [-0.3, -0.25) is 4.90 Å². The van der Waals surface area contributed by atoms with Crippen molar-refractivity contribution in [3.63, 3.8) is 0 Å². The van der Waals surface area contributed by atoms with Crippen LogP contribution in [0, 0.1) is 0 Å². The fourth-order valence-electron chi connectivity index (χ4n) is 5.84. The number of amides is 1. The molecule has 3 unspecified atom stereocenters. The third-order valence-electron chi connectivity index (χ3n) is 8.03. The summed E-state index contributed by atoms with van der Waals surface area (Å²) in [5.74, 6) is -0.932. The maximum Gasteiger partial charge on any atom is 0.514 e. The molecule has 1 fully saturated rings. The molecule has 0 saturated carbocycles. The first kappa shape index (κ1) is 23.7. The van der Waals surface area contributed by atoms with Crippen LogP contribution >= 0.6 is 0 Å². The van der Waals surface area contributed by atoms with Gasteiger partial charge in [-0.15, -0.1) is 0 Å². The number of quaternary nitrogens is 1. The highest BCUT2D eigenvalue weighted by molar-refractivity contribution is 5.84. The molecule has 8 nitrogen and oxygen atoms in total. The topological polar surface area (TPSA) is 93.1 Å². The Labute approximate surface area is 196 Å². The van der Waals surface area contributed by atoms with Crippen LogP contribution in [0.25, 0.3) is 0 Å². The number of aliphatic carboxylic acids is 1. The quantitative estimate of drug-likeness (QED) is 0.585. The molecule has 0 radical (unpaired) electrons. The Morgan fingerprint density at radius 3 is 2.48 bits per heavy atom. The first-order valence-corrected chi connectivity index (χ1v) is 11.9. The molecular formula is C25H37N4O4+. The molecule has 3 heterocycles. The molecule has 3 aliphatic rings. The number of hydrazine groups is 1. The molecule has 0 bridgehead atoms. The zero-order valence-corrected chi connectivity index (χ0v) is 20.2. The summed E-state index contributed by atoms with van der Waals surface area (Å²) >= 11 is 0. The van der Waals surface area contributed by atoms with Crippen LogP contribution in [0.3, 0.4) is 0 Å². The average Bonchev–Trinajstić information content (AvgIpc) is 3.35. The number of carbonyl (C=O) groups is 2. The number of nitrogens with zero attached hydrogens (tertiary/aromatic N) is 3. The Morgan fingerprint density at radius 1 is 1.21 bits per heavy atom. The Balaban J connectivity index is 1.64. The van der Waals surface area contributed by atoms with Crippen molar-refractivity contribution >= 4 is 12.1 Å². The molecule has 180 valence electrons. The van der Waals surface area contributed by atoms with Gasteiger partial charge < -0.3 is 15.2 Å². The monoisotopic (exact) mass is 457 g/mol. The lowest BCUT2D eigenvalue weighted by molar-refractivity contribution is -0.900. The minimum absolute atomic E-state index is 0.152. The second kappa shape index (κ2) is 8.42. The number of benzene rings is 1. The molecule has 8 heteroatoms. The molecular weight excluding hydrogens is 420 g/mol. The summed E-state index contributed by atoms with van der Waals surface area (Å²) in [4.78, 5) is 27.5. The highest BCUT2D eigenvalue weighted by Gasteiger charge is 2.60. The lowest BCUT2D eigenvalue weighted by Crippen LogP contribution is -2.67. The summed E-state index contributed by atoms with van der Waals surface area (Å²) in [5, 5.41) is 22.7. The van der Waals surface area contributed by atoms with E-state index < -0.39 is 23.1 Å². The number of nitrogens with one attached hydrogen (secondary N) is 1. The third kappa shape index (κ3) is 3.84. The predicted molar refractivity (Wildman–Crippen MR) is 125 cm³/mol. The van der Waals surface area contributed by atoms with Crippen molar-refractivity contribution in [2.24, 2.45) is 0 Å². The van der Waals surface area contributed by atoms with Crippen LogP contribution < -0.4 is 5.43 Å². The summed E-state index contributed by atoms with van der Waals surface area (Å²) in [6, 6.07) is 10.5. The normalized spacial score (nSPS) is 30.5. The van der Waals surface area contributed by atoms with E-state index >= 15 is 0 Å². The van der Waals surface area contributed by atoms with Gasteiger partial charge in [0.2, 0.25) is 0 Å². The van der Waals surface area contributed by atoms with E-state index in [4.69, 9.17) is 0 Å². The molecule has 1 aromatic carbocycles. The van der Waals surface area contributed by atoms with Crippen LogP contribution in [0.2, 0.25) is 0 Å². The maximum atomic E-state index is 12.6. The van der Waals surface area contributed by atoms with Crippen LogP contribution in [0.4, 0.5) is 4.79 Å². The summed E-state index contributed by atoms with van der Waals surface area (Å²) in [7, 11) is 0. The van der Waals surface area contributed by atoms with Gasteiger partial charge in [0.1, 0.15) is 12.1 Å². The number of carboxylic acid groups (broad SMARTS) is 2. The van der Waals surface area contributed by atoms with E-state index in [1.165, 1.54) is 5.56 Å². The Hall–Kier alpha value is -2.42. The highest BCUT2D eigenvalue weighted by Crippen LogP contribution is 2.44. The zero-order valence-electron chi connectivity index (χ0n) is 20.2. The number of likely N-dealkylation sites (tertiary alicyclic amines) is 1. The molecule has 3 atom stereocenters. The van der Waals surface area contributed by atoms with Gasteiger partial charge in [0, 0.05) is 37.3 Å². The Bertz CT molecular complexity index is 957. The largest absolute Gasteiger partial charge is 0.514 e. The lowest BCUT2D eigenvalue weighted by atomic mass is 9.82. The third-order valence-corrected chi connectivity index (χ3v) is 8.03. The van der Waals surface area contributed by atoms with Gasteiger partial charge in [0.05, 0.1) is 12.6 Å². The average molecular weight is 458 g/mol. The van der Waals surface area contributed by atoms with E-state index in [1.54, 1.807) is 0 Å². The van der Waals surface area contributed by atoms with E-state index in [2.05, 4.69) is 39.6 Å². The van der Waals surface area contributed by atoms with E-state index in [0.29, 0.717) is 19.4 Å². The van der Waals surface area contributed by atoms with Crippen molar-refractivity contribution in [2.45, 2.75) is 70.6 Å². The fraction of sp³-hybridized carbons (Fsp3) is 0.600. The molecule has 0 aromatic heterocycles.